The van der Waals surface area contributed by atoms with E-state index in [0.717, 1.165) is 50.9 Å². The quantitative estimate of drug-likeness (QED) is 0.176. The second-order valence-corrected chi connectivity index (χ2v) is 9.22. The van der Waals surface area contributed by atoms with Crippen molar-refractivity contribution < 1.29 is 35.0 Å². The molecule has 1 aliphatic heterocycles. The molecule has 1 heterocycles. The first-order valence-electron chi connectivity index (χ1n) is 12.4. The Morgan fingerprint density at radius 3 is 1.67 bits per heavy atom. The van der Waals surface area contributed by atoms with E-state index in [9.17, 15) is 13.2 Å². The second kappa shape index (κ2) is 11.4. The first-order chi connectivity index (χ1) is 18.5. The summed E-state index contributed by atoms with van der Waals surface area (Å²) in [5, 5.41) is 4.26. The number of fused-ring (bicyclic) bond motifs is 6. The molecule has 4 aromatic carbocycles. The van der Waals surface area contributed by atoms with Crippen LogP contribution in [0.25, 0.3) is 27.6 Å². The van der Waals surface area contributed by atoms with Crippen LogP contribution < -0.4 is 4.74 Å². The standard InChI is InChI=1S/C29H18F3O.C5H5.Fe/c30-29(31,32)21-15-13-20(14-16-21)28(19-7-1-2-8-19)18-17-26-24-11-4-3-9-22(24)23-10-5-6-12-25(23)27(26)33-28;1-2-4-5-3-1;/h1-18H;1-5H;/q;;+2. The van der Waals surface area contributed by atoms with Gasteiger partial charge in [-0.05, 0) is 97.7 Å². The van der Waals surface area contributed by atoms with Crippen molar-refractivity contribution in [1.82, 2.24) is 0 Å². The molecule has 1 unspecified atom stereocenters. The van der Waals surface area contributed by atoms with Gasteiger partial charge in [0.25, 0.3) is 0 Å². The largest absolute Gasteiger partial charge is 2.00 e. The minimum absolute atomic E-state index is 0. The molecule has 1 atom stereocenters. The van der Waals surface area contributed by atoms with E-state index in [1.807, 2.05) is 100 Å². The molecule has 7 rings (SSSR count). The summed E-state index contributed by atoms with van der Waals surface area (Å²) in [5.74, 6) is 1.59. The second-order valence-electron chi connectivity index (χ2n) is 9.22. The number of halogens is 3. The topological polar surface area (TPSA) is 9.23 Å². The van der Waals surface area contributed by atoms with Crippen molar-refractivity contribution in [3.8, 4) is 5.75 Å². The summed E-state index contributed by atoms with van der Waals surface area (Å²) in [7, 11) is 0. The molecule has 0 spiro atoms. The summed E-state index contributed by atoms with van der Waals surface area (Å²) in [6.45, 7) is 0. The maximum atomic E-state index is 13.2. The molecule has 0 aromatic heterocycles. The SMILES string of the molecule is FC(F)(F)c1ccc(C2([C]3[CH][CH][CH][CH]3)C=Cc3c(c4ccccc4c4ccccc34)O2)cc1.[CH]1[CH][CH][CH][CH]1.[Fe+2]. The number of benzene rings is 4. The van der Waals surface area contributed by atoms with Gasteiger partial charge in [0.05, 0.1) is 5.56 Å². The van der Waals surface area contributed by atoms with Crippen LogP contribution in [-0.2, 0) is 28.8 Å². The van der Waals surface area contributed by atoms with Gasteiger partial charge in [-0.15, -0.1) is 0 Å². The zero-order valence-corrected chi connectivity index (χ0v) is 21.8. The van der Waals surface area contributed by atoms with E-state index in [-0.39, 0.29) is 17.1 Å². The van der Waals surface area contributed by atoms with Crippen LogP contribution in [0.15, 0.2) is 78.9 Å². The molecule has 3 aliphatic rings. The third kappa shape index (κ3) is 5.24. The average Bonchev–Trinajstić information content (AvgIpc) is 3.71. The van der Waals surface area contributed by atoms with Crippen LogP contribution in [0.3, 0.4) is 0 Å². The Balaban J connectivity index is 0.000000464. The van der Waals surface area contributed by atoms with Gasteiger partial charge >= 0.3 is 23.2 Å². The third-order valence-corrected chi connectivity index (χ3v) is 6.96. The van der Waals surface area contributed by atoms with Gasteiger partial charge in [-0.2, -0.15) is 13.2 Å². The van der Waals surface area contributed by atoms with Gasteiger partial charge in [0.15, 0.2) is 5.60 Å². The Labute approximate surface area is 238 Å². The van der Waals surface area contributed by atoms with Crippen molar-refractivity contribution in [3.63, 3.8) is 0 Å². The summed E-state index contributed by atoms with van der Waals surface area (Å²) in [6.07, 6.45) is 17.3. The van der Waals surface area contributed by atoms with Crippen molar-refractivity contribution in [3.05, 3.63) is 159 Å². The molecule has 2 saturated carbocycles. The van der Waals surface area contributed by atoms with Crippen molar-refractivity contribution in [2.45, 2.75) is 11.8 Å². The Morgan fingerprint density at radius 1 is 0.590 bits per heavy atom. The summed E-state index contributed by atoms with van der Waals surface area (Å²) < 4.78 is 46.4. The maximum Gasteiger partial charge on any atom is 2.00 e. The summed E-state index contributed by atoms with van der Waals surface area (Å²) in [5.41, 5.74) is -0.106. The smallest absolute Gasteiger partial charge is 0.477 e. The molecule has 192 valence electrons. The van der Waals surface area contributed by atoms with Crippen LogP contribution in [0.4, 0.5) is 13.2 Å². The molecular formula is C34H23F3FeO+2. The van der Waals surface area contributed by atoms with E-state index >= 15 is 0 Å². The van der Waals surface area contributed by atoms with Crippen LogP contribution in [0, 0.1) is 63.7 Å². The third-order valence-electron chi connectivity index (χ3n) is 6.96. The molecule has 0 bridgehead atoms. The zero-order chi connectivity index (χ0) is 26.2. The van der Waals surface area contributed by atoms with E-state index in [4.69, 9.17) is 4.74 Å². The number of alkyl halides is 3. The van der Waals surface area contributed by atoms with E-state index in [1.165, 1.54) is 12.1 Å². The summed E-state index contributed by atoms with van der Waals surface area (Å²) >= 11 is 0. The average molecular weight is 560 g/mol. The molecule has 10 radical (unpaired) electrons. The van der Waals surface area contributed by atoms with E-state index in [2.05, 4.69) is 18.2 Å². The van der Waals surface area contributed by atoms with Gasteiger partial charge in [-0.3, -0.25) is 0 Å². The molecule has 2 fully saturated rings. The van der Waals surface area contributed by atoms with Gasteiger partial charge in [0.2, 0.25) is 0 Å². The fourth-order valence-corrected chi connectivity index (χ4v) is 5.13. The molecule has 2 aliphatic carbocycles. The Hall–Kier alpha value is -2.75. The number of hydrogen-bond acceptors (Lipinski definition) is 1. The van der Waals surface area contributed by atoms with Crippen molar-refractivity contribution in [1.29, 1.82) is 0 Å². The van der Waals surface area contributed by atoms with Crippen molar-refractivity contribution in [2.24, 2.45) is 0 Å². The minimum Gasteiger partial charge on any atom is -0.477 e. The number of rotatable bonds is 2. The number of hydrogen-bond donors (Lipinski definition) is 0. The van der Waals surface area contributed by atoms with Crippen molar-refractivity contribution >= 4 is 27.6 Å². The molecule has 1 nitrogen and oxygen atoms in total. The Kier molecular flexibility index (Phi) is 8.12. The maximum absolute atomic E-state index is 13.2. The first-order valence-corrected chi connectivity index (χ1v) is 12.4. The van der Waals surface area contributed by atoms with E-state index in [1.54, 1.807) is 0 Å². The van der Waals surface area contributed by atoms with Crippen LogP contribution >= 0.6 is 0 Å². The fraction of sp³-hybridized carbons (Fsp3) is 0.0588. The van der Waals surface area contributed by atoms with Gasteiger partial charge < -0.3 is 4.74 Å². The predicted octanol–water partition coefficient (Wildman–Crippen LogP) is 8.74. The predicted molar refractivity (Wildman–Crippen MR) is 146 cm³/mol. The van der Waals surface area contributed by atoms with Gasteiger partial charge in [0, 0.05) is 16.9 Å². The molecular weight excluding hydrogens is 537 g/mol. The van der Waals surface area contributed by atoms with Crippen LogP contribution in [0.1, 0.15) is 16.7 Å². The monoisotopic (exact) mass is 560 g/mol. The van der Waals surface area contributed by atoms with Crippen LogP contribution in [0.2, 0.25) is 0 Å². The molecule has 0 saturated heterocycles. The fourth-order valence-electron chi connectivity index (χ4n) is 5.13. The minimum atomic E-state index is -4.39. The van der Waals surface area contributed by atoms with Gasteiger partial charge in [-0.1, -0.05) is 66.7 Å². The van der Waals surface area contributed by atoms with E-state index < -0.39 is 17.3 Å². The Morgan fingerprint density at radius 2 is 1.10 bits per heavy atom. The van der Waals surface area contributed by atoms with Gasteiger partial charge in [-0.25, -0.2) is 0 Å². The Bertz CT molecular complexity index is 1460. The molecule has 4 aromatic rings. The normalized spacial score (nSPS) is 20.7. The summed E-state index contributed by atoms with van der Waals surface area (Å²) in [6, 6.07) is 21.5. The zero-order valence-electron chi connectivity index (χ0n) is 20.7. The van der Waals surface area contributed by atoms with Gasteiger partial charge in [0.1, 0.15) is 5.75 Å². The van der Waals surface area contributed by atoms with Crippen LogP contribution in [-0.4, -0.2) is 0 Å². The van der Waals surface area contributed by atoms with Crippen LogP contribution in [0.5, 0.6) is 5.75 Å². The first kappa shape index (κ1) is 27.8. The number of ether oxygens (including phenoxy) is 1. The summed E-state index contributed by atoms with van der Waals surface area (Å²) in [4.78, 5) is 0. The van der Waals surface area contributed by atoms with Crippen molar-refractivity contribution in [2.75, 3.05) is 0 Å². The molecule has 0 amide bonds. The van der Waals surface area contributed by atoms with E-state index in [0.29, 0.717) is 5.56 Å². The molecule has 0 N–H and O–H groups in total. The molecule has 5 heteroatoms. The molecule has 39 heavy (non-hydrogen) atoms.